The van der Waals surface area contributed by atoms with E-state index in [1.165, 1.54) is 0 Å². The minimum atomic E-state index is 0.0123. The van der Waals surface area contributed by atoms with E-state index in [0.29, 0.717) is 13.0 Å². The minimum Gasteiger partial charge on any atom is -0.361 e. The molecule has 0 saturated heterocycles. The molecule has 1 aromatic carbocycles. The average molecular weight is 310 g/mol. The average Bonchev–Trinajstić information content (AvgIpc) is 3.17. The van der Waals surface area contributed by atoms with Crippen LogP contribution in [0, 0.1) is 6.92 Å². The van der Waals surface area contributed by atoms with Crippen molar-refractivity contribution in [2.24, 2.45) is 0 Å². The molecule has 0 aliphatic carbocycles. The van der Waals surface area contributed by atoms with Crippen LogP contribution in [-0.4, -0.2) is 32.8 Å². The number of aryl methyl sites for hydroxylation is 1. The third kappa shape index (κ3) is 3.66. The van der Waals surface area contributed by atoms with Gasteiger partial charge in [0, 0.05) is 19.3 Å². The summed E-state index contributed by atoms with van der Waals surface area (Å²) in [5.41, 5.74) is 2.60. The van der Waals surface area contributed by atoms with Gasteiger partial charge in [0.15, 0.2) is 0 Å². The summed E-state index contributed by atoms with van der Waals surface area (Å²) in [5, 5.41) is 8.21. The van der Waals surface area contributed by atoms with Crippen LogP contribution in [0.15, 0.2) is 53.3 Å². The van der Waals surface area contributed by atoms with Gasteiger partial charge in [0.05, 0.1) is 24.8 Å². The second-order valence-electron chi connectivity index (χ2n) is 5.48. The van der Waals surface area contributed by atoms with Crippen molar-refractivity contribution in [1.29, 1.82) is 0 Å². The van der Waals surface area contributed by atoms with Gasteiger partial charge in [-0.25, -0.2) is 4.68 Å². The van der Waals surface area contributed by atoms with Gasteiger partial charge in [-0.05, 0) is 24.6 Å². The summed E-state index contributed by atoms with van der Waals surface area (Å²) in [5.74, 6) is 0.753. The molecular formula is C17H18N4O2. The molecule has 3 aromatic rings. The van der Waals surface area contributed by atoms with Crippen molar-refractivity contribution in [3.8, 4) is 5.69 Å². The molecule has 6 nitrogen and oxygen atoms in total. The Hall–Kier alpha value is -2.89. The number of aromatic nitrogens is 3. The SMILES string of the molecule is Cc1cc(CN(C)C(=O)Cc2cnn(-c3ccccc3)c2)no1. The molecule has 0 aliphatic rings. The molecule has 2 aromatic heterocycles. The van der Waals surface area contributed by atoms with Gasteiger partial charge >= 0.3 is 0 Å². The lowest BCUT2D eigenvalue weighted by Gasteiger charge is -2.14. The predicted molar refractivity (Wildman–Crippen MR) is 85.0 cm³/mol. The van der Waals surface area contributed by atoms with Gasteiger partial charge in [-0.15, -0.1) is 0 Å². The Balaban J connectivity index is 1.63. The van der Waals surface area contributed by atoms with Crippen molar-refractivity contribution in [3.05, 3.63) is 65.8 Å². The molecule has 0 bridgehead atoms. The maximum Gasteiger partial charge on any atom is 0.227 e. The molecule has 0 radical (unpaired) electrons. The number of para-hydroxylation sites is 1. The van der Waals surface area contributed by atoms with Crippen LogP contribution in [0.4, 0.5) is 0 Å². The van der Waals surface area contributed by atoms with E-state index < -0.39 is 0 Å². The highest BCUT2D eigenvalue weighted by Crippen LogP contribution is 2.10. The van der Waals surface area contributed by atoms with E-state index in [2.05, 4.69) is 10.3 Å². The first-order valence-electron chi connectivity index (χ1n) is 7.37. The van der Waals surface area contributed by atoms with Crippen LogP contribution in [0.1, 0.15) is 17.0 Å². The van der Waals surface area contributed by atoms with Gasteiger partial charge in [-0.2, -0.15) is 5.10 Å². The van der Waals surface area contributed by atoms with Crippen molar-refractivity contribution >= 4 is 5.91 Å². The molecule has 0 atom stereocenters. The van der Waals surface area contributed by atoms with Crippen molar-refractivity contribution in [1.82, 2.24) is 19.8 Å². The molecule has 118 valence electrons. The molecule has 0 fully saturated rings. The Labute approximate surface area is 134 Å². The van der Waals surface area contributed by atoms with E-state index in [9.17, 15) is 4.79 Å². The molecule has 2 heterocycles. The van der Waals surface area contributed by atoms with Crippen LogP contribution in [0.3, 0.4) is 0 Å². The third-order valence-corrected chi connectivity index (χ3v) is 3.51. The molecule has 23 heavy (non-hydrogen) atoms. The Kier molecular flexibility index (Phi) is 4.23. The number of hydrogen-bond donors (Lipinski definition) is 0. The highest BCUT2D eigenvalue weighted by atomic mass is 16.5. The summed E-state index contributed by atoms with van der Waals surface area (Å²) in [6.45, 7) is 2.26. The molecule has 1 amide bonds. The molecule has 6 heteroatoms. The predicted octanol–water partition coefficient (Wildman–Crippen LogP) is 2.37. The van der Waals surface area contributed by atoms with Gasteiger partial charge in [-0.3, -0.25) is 4.79 Å². The first kappa shape index (κ1) is 15.0. The van der Waals surface area contributed by atoms with Gasteiger partial charge < -0.3 is 9.42 Å². The number of rotatable bonds is 5. The van der Waals surface area contributed by atoms with Crippen LogP contribution in [0.5, 0.6) is 0 Å². The zero-order chi connectivity index (χ0) is 16.2. The minimum absolute atomic E-state index is 0.0123. The molecule has 0 aliphatic heterocycles. The Bertz CT molecular complexity index is 792. The molecule has 0 N–H and O–H groups in total. The van der Waals surface area contributed by atoms with Crippen LogP contribution >= 0.6 is 0 Å². The van der Waals surface area contributed by atoms with Crippen LogP contribution < -0.4 is 0 Å². The summed E-state index contributed by atoms with van der Waals surface area (Å²) in [7, 11) is 1.76. The van der Waals surface area contributed by atoms with Crippen LogP contribution in [-0.2, 0) is 17.8 Å². The zero-order valence-corrected chi connectivity index (χ0v) is 13.1. The normalized spacial score (nSPS) is 10.7. The van der Waals surface area contributed by atoms with E-state index in [0.717, 1.165) is 22.7 Å². The van der Waals surface area contributed by atoms with Gasteiger partial charge in [-0.1, -0.05) is 23.4 Å². The fourth-order valence-corrected chi connectivity index (χ4v) is 2.31. The second kappa shape index (κ2) is 6.48. The lowest BCUT2D eigenvalue weighted by Crippen LogP contribution is -2.27. The fourth-order valence-electron chi connectivity index (χ4n) is 2.31. The Morgan fingerprint density at radius 1 is 1.30 bits per heavy atom. The number of nitrogens with zero attached hydrogens (tertiary/aromatic N) is 4. The van der Waals surface area contributed by atoms with E-state index in [4.69, 9.17) is 4.52 Å². The standard InChI is InChI=1S/C17H18N4O2/c1-13-8-15(19-23-13)12-20(2)17(22)9-14-10-18-21(11-14)16-6-4-3-5-7-16/h3-8,10-11H,9,12H2,1-2H3. The molecule has 0 saturated carbocycles. The Morgan fingerprint density at radius 3 is 2.78 bits per heavy atom. The van der Waals surface area contributed by atoms with Crippen molar-refractivity contribution in [2.45, 2.75) is 19.9 Å². The fraction of sp³-hybridized carbons (Fsp3) is 0.235. The molecule has 0 spiro atoms. The largest absolute Gasteiger partial charge is 0.361 e. The first-order valence-corrected chi connectivity index (χ1v) is 7.37. The van der Waals surface area contributed by atoms with E-state index in [-0.39, 0.29) is 5.91 Å². The summed E-state index contributed by atoms with van der Waals surface area (Å²) < 4.78 is 6.78. The monoisotopic (exact) mass is 310 g/mol. The summed E-state index contributed by atoms with van der Waals surface area (Å²) in [6, 6.07) is 11.6. The quantitative estimate of drug-likeness (QED) is 0.726. The number of hydrogen-bond acceptors (Lipinski definition) is 4. The number of carbonyl (C=O) groups is 1. The topological polar surface area (TPSA) is 64.2 Å². The third-order valence-electron chi connectivity index (χ3n) is 3.51. The van der Waals surface area contributed by atoms with Crippen LogP contribution in [0.25, 0.3) is 5.69 Å². The molecule has 0 unspecified atom stereocenters. The zero-order valence-electron chi connectivity index (χ0n) is 13.1. The van der Waals surface area contributed by atoms with Crippen molar-refractivity contribution in [2.75, 3.05) is 7.05 Å². The number of benzene rings is 1. The summed E-state index contributed by atoms with van der Waals surface area (Å²) >= 11 is 0. The molecular weight excluding hydrogens is 292 g/mol. The van der Waals surface area contributed by atoms with Gasteiger partial charge in [0.1, 0.15) is 11.5 Å². The van der Waals surface area contributed by atoms with E-state index in [1.54, 1.807) is 22.8 Å². The lowest BCUT2D eigenvalue weighted by molar-refractivity contribution is -0.129. The number of amides is 1. The highest BCUT2D eigenvalue weighted by Gasteiger charge is 2.13. The first-order chi connectivity index (χ1) is 11.1. The van der Waals surface area contributed by atoms with Crippen molar-refractivity contribution in [3.63, 3.8) is 0 Å². The second-order valence-corrected chi connectivity index (χ2v) is 5.48. The van der Waals surface area contributed by atoms with E-state index >= 15 is 0 Å². The van der Waals surface area contributed by atoms with Crippen LogP contribution in [0.2, 0.25) is 0 Å². The maximum absolute atomic E-state index is 12.3. The summed E-state index contributed by atoms with van der Waals surface area (Å²) in [4.78, 5) is 13.9. The smallest absolute Gasteiger partial charge is 0.227 e. The number of carbonyl (C=O) groups excluding carboxylic acids is 1. The van der Waals surface area contributed by atoms with E-state index in [1.807, 2.05) is 49.5 Å². The van der Waals surface area contributed by atoms with Crippen molar-refractivity contribution < 1.29 is 9.32 Å². The highest BCUT2D eigenvalue weighted by molar-refractivity contribution is 5.78. The summed E-state index contributed by atoms with van der Waals surface area (Å²) in [6.07, 6.45) is 3.90. The Morgan fingerprint density at radius 2 is 2.09 bits per heavy atom. The van der Waals surface area contributed by atoms with Gasteiger partial charge in [0.25, 0.3) is 0 Å². The lowest BCUT2D eigenvalue weighted by atomic mass is 10.2. The number of likely N-dealkylation sites (N-methyl/N-ethyl adjacent to an activating group) is 1. The van der Waals surface area contributed by atoms with Gasteiger partial charge in [0.2, 0.25) is 5.91 Å². The maximum atomic E-state index is 12.3. The molecule has 3 rings (SSSR count).